The highest BCUT2D eigenvalue weighted by Crippen LogP contribution is 2.83. The van der Waals surface area contributed by atoms with E-state index in [1.54, 1.807) is 0 Å². The smallest absolute Gasteiger partial charge is 0.129 e. The molecule has 2 heteroatoms. The maximum Gasteiger partial charge on any atom is 0.129 e. The summed E-state index contributed by atoms with van der Waals surface area (Å²) < 4.78 is 2.73. The van der Waals surface area contributed by atoms with Crippen LogP contribution in [0.3, 0.4) is 0 Å². The highest BCUT2D eigenvalue weighted by molar-refractivity contribution is 5.23. The van der Waals surface area contributed by atoms with Gasteiger partial charge in [0.05, 0.1) is 11.1 Å². The Kier molecular flexibility index (Phi) is 8.98. The first-order chi connectivity index (χ1) is 19.9. The molecule has 6 aliphatic carbocycles. The maximum absolute atomic E-state index is 2.46. The normalized spacial score (nSPS) is 41.2. The fourth-order valence-electron chi connectivity index (χ4n) is 11.6. The first kappa shape index (κ1) is 37.7. The zero-order chi connectivity index (χ0) is 34.6. The molecule has 3 aliphatic heterocycles. The molecule has 0 aromatic heterocycles. The maximum atomic E-state index is 2.46. The fraction of sp³-hybridized carbons (Fsp3) is 1.00. The van der Waals surface area contributed by atoms with Crippen LogP contribution in [0, 0.1) is 43.3 Å². The van der Waals surface area contributed by atoms with Crippen molar-refractivity contribution in [2.24, 2.45) is 43.3 Å². The van der Waals surface area contributed by atoms with E-state index in [9.17, 15) is 0 Å². The van der Waals surface area contributed by atoms with E-state index in [0.717, 1.165) is 10.8 Å². The van der Waals surface area contributed by atoms with Crippen LogP contribution in [-0.2, 0) is 0 Å². The second-order valence-electron chi connectivity index (χ2n) is 24.1. The second kappa shape index (κ2) is 10.7. The van der Waals surface area contributed by atoms with Gasteiger partial charge in [0.1, 0.15) is 39.3 Å². The van der Waals surface area contributed by atoms with Gasteiger partial charge in [0.2, 0.25) is 0 Å². The minimum atomic E-state index is 0.439. The van der Waals surface area contributed by atoms with Crippen molar-refractivity contribution >= 4 is 0 Å². The van der Waals surface area contributed by atoms with Gasteiger partial charge in [-0.3, -0.25) is 0 Å². The SMILES string of the molecule is CC(C)(C)C12CC(C(C)(C)C)(C1)C2.CC(C)(C)C12CCC(C(C)(C)C)(CC1)CC2.CC(C)(C)[N+]12CC[N+](C(C)(C)C)(CC1)CC2. The summed E-state index contributed by atoms with van der Waals surface area (Å²) in [6.07, 6.45) is 13.4. The van der Waals surface area contributed by atoms with Gasteiger partial charge in [-0.05, 0) is 143 Å². The summed E-state index contributed by atoms with van der Waals surface area (Å²) in [5, 5.41) is 0. The zero-order valence-corrected chi connectivity index (χ0v) is 34.5. The van der Waals surface area contributed by atoms with Crippen molar-refractivity contribution in [3.8, 4) is 0 Å². The Balaban J connectivity index is 0.000000155. The Morgan fingerprint density at radius 1 is 0.289 bits per heavy atom. The van der Waals surface area contributed by atoms with Crippen LogP contribution in [-0.4, -0.2) is 59.3 Å². The average Bonchev–Trinajstić information content (AvgIpc) is 2.81. The first-order valence-corrected chi connectivity index (χ1v) is 19.6. The largest absolute Gasteiger partial charge is 0.305 e. The van der Waals surface area contributed by atoms with Gasteiger partial charge in [-0.25, -0.2) is 0 Å². The number of fused-ring (bicyclic) bond motifs is 6. The molecular weight excluding hydrogens is 544 g/mol. The summed E-state index contributed by atoms with van der Waals surface area (Å²) in [7, 11) is 0. The lowest BCUT2D eigenvalue weighted by Crippen LogP contribution is -2.82. The highest BCUT2D eigenvalue weighted by atomic mass is 15.6. The molecule has 9 rings (SSSR count). The van der Waals surface area contributed by atoms with E-state index in [1.165, 1.54) is 106 Å². The molecule has 0 N–H and O–H groups in total. The van der Waals surface area contributed by atoms with Gasteiger partial charge in [-0.1, -0.05) is 83.1 Å². The molecule has 2 nitrogen and oxygen atoms in total. The van der Waals surface area contributed by atoms with Crippen molar-refractivity contribution < 1.29 is 8.97 Å². The topological polar surface area (TPSA) is 0 Å². The molecule has 6 saturated carbocycles. The van der Waals surface area contributed by atoms with E-state index in [4.69, 9.17) is 0 Å². The Hall–Kier alpha value is -0.0800. The van der Waals surface area contributed by atoms with E-state index in [-0.39, 0.29) is 0 Å². The number of hydrogen-bond acceptors (Lipinski definition) is 0. The predicted molar refractivity (Wildman–Crippen MR) is 198 cm³/mol. The average molecular weight is 629 g/mol. The zero-order valence-electron chi connectivity index (χ0n) is 34.5. The van der Waals surface area contributed by atoms with Crippen molar-refractivity contribution in [3.05, 3.63) is 0 Å². The van der Waals surface area contributed by atoms with Crippen LogP contribution in [0.2, 0.25) is 0 Å². The van der Waals surface area contributed by atoms with Crippen LogP contribution in [0.1, 0.15) is 182 Å². The molecule has 0 amide bonds. The van der Waals surface area contributed by atoms with E-state index in [1.807, 2.05) is 0 Å². The van der Waals surface area contributed by atoms with Crippen LogP contribution < -0.4 is 0 Å². The van der Waals surface area contributed by atoms with Crippen molar-refractivity contribution in [1.29, 1.82) is 0 Å². The third-order valence-electron chi connectivity index (χ3n) is 17.4. The summed E-state index contributed by atoms with van der Waals surface area (Å²) >= 11 is 0. The van der Waals surface area contributed by atoms with Crippen molar-refractivity contribution in [1.82, 2.24) is 0 Å². The van der Waals surface area contributed by atoms with Gasteiger partial charge < -0.3 is 8.97 Å². The standard InChI is InChI=1S/C16H30.C14H30N2.C13H24/c2*1-13(2,3)15-7-10-16(11-8-15,12-9-15)14(4,5)6;1-10(2,3)12-7-13(8-12,9-12)11(4,5)6/h2*7-12H2,1-6H3;7-9H2,1-6H3/q;+2;. The third kappa shape index (κ3) is 5.95. The number of quaternary nitrogens is 2. The molecule has 0 spiro atoms. The minimum absolute atomic E-state index is 0.439. The lowest BCUT2D eigenvalue weighted by molar-refractivity contribution is -1.12. The fourth-order valence-corrected chi connectivity index (χ4v) is 11.6. The summed E-state index contributed by atoms with van der Waals surface area (Å²) in [6.45, 7) is 52.2. The van der Waals surface area contributed by atoms with Crippen LogP contribution in [0.4, 0.5) is 0 Å². The molecule has 264 valence electrons. The molecule has 0 atom stereocenters. The summed E-state index contributed by atoms with van der Waals surface area (Å²) in [4.78, 5) is 0. The van der Waals surface area contributed by atoms with Gasteiger partial charge >= 0.3 is 0 Å². The Labute approximate surface area is 284 Å². The van der Waals surface area contributed by atoms with Crippen molar-refractivity contribution in [2.75, 3.05) is 39.3 Å². The molecule has 6 bridgehead atoms. The van der Waals surface area contributed by atoms with Gasteiger partial charge in [-0.2, -0.15) is 0 Å². The van der Waals surface area contributed by atoms with E-state index >= 15 is 0 Å². The van der Waals surface area contributed by atoms with Crippen LogP contribution in [0.5, 0.6) is 0 Å². The molecular formula is C43H84N2+2. The number of piperazine rings is 3. The van der Waals surface area contributed by atoms with Crippen molar-refractivity contribution in [2.45, 2.75) is 193 Å². The summed E-state index contributed by atoms with van der Waals surface area (Å²) in [5.74, 6) is 0. The van der Waals surface area contributed by atoms with Gasteiger partial charge in [0.25, 0.3) is 0 Å². The molecule has 3 saturated heterocycles. The Morgan fingerprint density at radius 3 is 0.600 bits per heavy atom. The third-order valence-corrected chi connectivity index (χ3v) is 17.4. The molecule has 45 heavy (non-hydrogen) atoms. The van der Waals surface area contributed by atoms with Crippen molar-refractivity contribution in [3.63, 3.8) is 0 Å². The second-order valence-corrected chi connectivity index (χ2v) is 24.1. The van der Waals surface area contributed by atoms with Crippen LogP contribution in [0.15, 0.2) is 0 Å². The highest BCUT2D eigenvalue weighted by Gasteiger charge is 2.74. The molecule has 3 heterocycles. The van der Waals surface area contributed by atoms with Gasteiger partial charge in [-0.15, -0.1) is 0 Å². The predicted octanol–water partition coefficient (Wildman–Crippen LogP) is 11.9. The summed E-state index contributed by atoms with van der Waals surface area (Å²) in [5.41, 5.74) is 5.76. The first-order valence-electron chi connectivity index (χ1n) is 19.6. The molecule has 9 aliphatic rings. The van der Waals surface area contributed by atoms with E-state index in [2.05, 4.69) is 125 Å². The molecule has 0 unspecified atom stereocenters. The van der Waals surface area contributed by atoms with Gasteiger partial charge in [0.15, 0.2) is 0 Å². The number of rotatable bonds is 0. The monoisotopic (exact) mass is 629 g/mol. The van der Waals surface area contributed by atoms with Crippen LogP contribution >= 0.6 is 0 Å². The molecule has 0 aromatic rings. The van der Waals surface area contributed by atoms with Crippen LogP contribution in [0.25, 0.3) is 0 Å². The van der Waals surface area contributed by atoms with E-state index < -0.39 is 0 Å². The van der Waals surface area contributed by atoms with Gasteiger partial charge in [0, 0.05) is 0 Å². The molecule has 9 fully saturated rings. The number of hydrogen-bond donors (Lipinski definition) is 0. The Morgan fingerprint density at radius 2 is 0.467 bits per heavy atom. The van der Waals surface area contributed by atoms with E-state index in [0.29, 0.717) is 43.6 Å². The molecule has 0 aromatic carbocycles. The quantitative estimate of drug-likeness (QED) is 0.234. The summed E-state index contributed by atoms with van der Waals surface area (Å²) in [6, 6.07) is 0. The number of nitrogens with zero attached hydrogens (tertiary/aromatic N) is 2. The minimum Gasteiger partial charge on any atom is -0.305 e. The lowest BCUT2D eigenvalue weighted by atomic mass is 9.25. The Bertz CT molecular complexity index is 851. The lowest BCUT2D eigenvalue weighted by Gasteiger charge is -2.80. The molecule has 0 radical (unpaired) electrons.